The Kier molecular flexibility index (Phi) is 4.53. The second-order valence-electron chi connectivity index (χ2n) is 4.92. The molecule has 0 bridgehead atoms. The van der Waals surface area contributed by atoms with E-state index in [4.69, 9.17) is 25.6 Å². The molecule has 3 rings (SSSR count). The van der Waals surface area contributed by atoms with Gasteiger partial charge in [-0.2, -0.15) is 4.98 Å². The molecule has 0 N–H and O–H groups in total. The fourth-order valence-electron chi connectivity index (χ4n) is 2.22. The summed E-state index contributed by atoms with van der Waals surface area (Å²) < 4.78 is 15.6. The minimum absolute atomic E-state index is 0.0355. The van der Waals surface area contributed by atoms with Crippen LogP contribution < -0.4 is 9.47 Å². The lowest BCUT2D eigenvalue weighted by molar-refractivity contribution is -0.384. The number of hydrogen-bond donors (Lipinski definition) is 0. The van der Waals surface area contributed by atoms with Crippen LogP contribution in [0, 0.1) is 10.1 Å². The van der Waals surface area contributed by atoms with Gasteiger partial charge in [-0.25, -0.2) is 0 Å². The zero-order chi connectivity index (χ0) is 18.0. The van der Waals surface area contributed by atoms with Crippen molar-refractivity contribution in [3.63, 3.8) is 0 Å². The fraction of sp³-hybridized carbons (Fsp3) is 0.125. The average Bonchev–Trinajstić information content (AvgIpc) is 3.11. The number of nitro benzene ring substituents is 1. The van der Waals surface area contributed by atoms with E-state index in [1.54, 1.807) is 24.3 Å². The first-order chi connectivity index (χ1) is 12.0. The molecule has 0 radical (unpaired) electrons. The van der Waals surface area contributed by atoms with Crippen molar-refractivity contribution in [3.8, 4) is 34.3 Å². The van der Waals surface area contributed by atoms with Crippen LogP contribution in [0.15, 0.2) is 40.9 Å². The Hall–Kier alpha value is -3.13. The first-order valence-corrected chi connectivity index (χ1v) is 7.41. The molecule has 0 saturated carbocycles. The highest BCUT2D eigenvalue weighted by molar-refractivity contribution is 6.32. The van der Waals surface area contributed by atoms with Crippen LogP contribution in [0.5, 0.6) is 11.5 Å². The first-order valence-electron chi connectivity index (χ1n) is 7.04. The predicted molar refractivity (Wildman–Crippen MR) is 89.9 cm³/mol. The molecule has 9 heteroatoms. The monoisotopic (exact) mass is 361 g/mol. The molecular weight excluding hydrogens is 350 g/mol. The molecule has 0 aliphatic rings. The van der Waals surface area contributed by atoms with Gasteiger partial charge in [-0.15, -0.1) is 0 Å². The largest absolute Gasteiger partial charge is 0.493 e. The van der Waals surface area contributed by atoms with Gasteiger partial charge in [0.25, 0.3) is 11.6 Å². The second-order valence-corrected chi connectivity index (χ2v) is 5.32. The van der Waals surface area contributed by atoms with Crippen molar-refractivity contribution >= 4 is 17.3 Å². The number of nitro groups is 1. The van der Waals surface area contributed by atoms with E-state index in [1.807, 2.05) is 0 Å². The Balaban J connectivity index is 1.98. The smallest absolute Gasteiger partial charge is 0.288 e. The van der Waals surface area contributed by atoms with Crippen molar-refractivity contribution in [3.05, 3.63) is 51.5 Å². The normalized spacial score (nSPS) is 10.5. The van der Waals surface area contributed by atoms with Crippen LogP contribution in [0.2, 0.25) is 5.02 Å². The number of rotatable bonds is 5. The van der Waals surface area contributed by atoms with Crippen molar-refractivity contribution in [2.45, 2.75) is 0 Å². The third kappa shape index (κ3) is 3.24. The van der Waals surface area contributed by atoms with Gasteiger partial charge in [0, 0.05) is 17.2 Å². The van der Waals surface area contributed by atoms with Crippen molar-refractivity contribution in [1.82, 2.24) is 10.1 Å². The summed E-state index contributed by atoms with van der Waals surface area (Å²) >= 11 is 5.81. The number of halogens is 1. The number of nitrogens with zero attached hydrogens (tertiary/aromatic N) is 3. The molecule has 0 aliphatic heterocycles. The maximum Gasteiger partial charge on any atom is 0.288 e. The minimum atomic E-state index is -0.572. The van der Waals surface area contributed by atoms with Crippen molar-refractivity contribution < 1.29 is 18.9 Å². The maximum absolute atomic E-state index is 11.0. The highest BCUT2D eigenvalue weighted by atomic mass is 35.5. The molecule has 3 aromatic rings. The molecule has 0 spiro atoms. The Morgan fingerprint density at radius 3 is 2.48 bits per heavy atom. The van der Waals surface area contributed by atoms with E-state index < -0.39 is 4.92 Å². The van der Waals surface area contributed by atoms with Crippen molar-refractivity contribution in [2.24, 2.45) is 0 Å². The Morgan fingerprint density at radius 2 is 1.80 bits per heavy atom. The van der Waals surface area contributed by atoms with E-state index in [1.165, 1.54) is 26.4 Å². The molecular formula is C16H12ClN3O5. The fourth-order valence-corrected chi connectivity index (χ4v) is 2.41. The number of methoxy groups -OCH3 is 2. The third-order valence-electron chi connectivity index (χ3n) is 3.46. The van der Waals surface area contributed by atoms with Crippen molar-refractivity contribution in [2.75, 3.05) is 14.2 Å². The lowest BCUT2D eigenvalue weighted by Gasteiger charge is -2.07. The summed E-state index contributed by atoms with van der Waals surface area (Å²) in [6.45, 7) is 0. The van der Waals surface area contributed by atoms with Crippen LogP contribution in [0.3, 0.4) is 0 Å². The first kappa shape index (κ1) is 16.7. The molecule has 0 atom stereocenters. The van der Waals surface area contributed by atoms with Crippen LogP contribution in [-0.2, 0) is 0 Å². The van der Waals surface area contributed by atoms with E-state index in [-0.39, 0.29) is 16.6 Å². The standard InChI is InChI=1S/C16H12ClN3O5/c1-23-13-6-4-9(8-14(13)24-2)15-18-16(25-19-15)10-3-5-11(17)12(7-10)20(21)22/h3-8H,1-2H3. The molecule has 1 aromatic heterocycles. The van der Waals surface area contributed by atoms with E-state index in [0.29, 0.717) is 28.5 Å². The van der Waals surface area contributed by atoms with Gasteiger partial charge in [-0.05, 0) is 30.3 Å². The molecule has 25 heavy (non-hydrogen) atoms. The van der Waals surface area contributed by atoms with E-state index in [2.05, 4.69) is 10.1 Å². The Labute approximate surface area is 147 Å². The van der Waals surface area contributed by atoms with E-state index in [0.717, 1.165) is 0 Å². The van der Waals surface area contributed by atoms with Gasteiger partial charge in [0.15, 0.2) is 11.5 Å². The molecule has 0 saturated heterocycles. The number of hydrogen-bond acceptors (Lipinski definition) is 7. The van der Waals surface area contributed by atoms with Gasteiger partial charge < -0.3 is 14.0 Å². The van der Waals surface area contributed by atoms with Gasteiger partial charge in [0.05, 0.1) is 19.1 Å². The van der Waals surface area contributed by atoms with E-state index in [9.17, 15) is 10.1 Å². The molecule has 8 nitrogen and oxygen atoms in total. The SMILES string of the molecule is COc1ccc(-c2noc(-c3ccc(Cl)c([N+](=O)[O-])c3)n2)cc1OC. The zero-order valence-corrected chi connectivity index (χ0v) is 14.0. The third-order valence-corrected chi connectivity index (χ3v) is 3.78. The molecule has 1 heterocycles. The summed E-state index contributed by atoms with van der Waals surface area (Å²) in [5.74, 6) is 1.55. The lowest BCUT2D eigenvalue weighted by atomic mass is 10.2. The quantitative estimate of drug-likeness (QED) is 0.500. The van der Waals surface area contributed by atoms with Crippen LogP contribution in [0.4, 0.5) is 5.69 Å². The van der Waals surface area contributed by atoms with Crippen LogP contribution in [-0.4, -0.2) is 29.3 Å². The average molecular weight is 362 g/mol. The highest BCUT2D eigenvalue weighted by Gasteiger charge is 2.18. The summed E-state index contributed by atoms with van der Waals surface area (Å²) in [5, 5.41) is 14.9. The molecule has 0 aliphatic carbocycles. The second kappa shape index (κ2) is 6.78. The zero-order valence-electron chi connectivity index (χ0n) is 13.2. The van der Waals surface area contributed by atoms with Gasteiger partial charge in [0.2, 0.25) is 5.82 Å². The summed E-state index contributed by atoms with van der Waals surface area (Å²) in [7, 11) is 3.06. The van der Waals surface area contributed by atoms with Gasteiger partial charge in [0.1, 0.15) is 5.02 Å². The molecule has 0 fully saturated rings. The summed E-state index contributed by atoms with van der Waals surface area (Å²) in [4.78, 5) is 14.7. The Morgan fingerprint density at radius 1 is 1.08 bits per heavy atom. The topological polar surface area (TPSA) is 101 Å². The minimum Gasteiger partial charge on any atom is -0.493 e. The highest BCUT2D eigenvalue weighted by Crippen LogP contribution is 2.33. The van der Waals surface area contributed by atoms with Crippen LogP contribution in [0.1, 0.15) is 0 Å². The van der Waals surface area contributed by atoms with Crippen molar-refractivity contribution in [1.29, 1.82) is 0 Å². The summed E-state index contributed by atoms with van der Waals surface area (Å²) in [6, 6.07) is 9.44. The lowest BCUT2D eigenvalue weighted by Crippen LogP contribution is -1.91. The maximum atomic E-state index is 11.0. The Bertz CT molecular complexity index is 941. The molecule has 0 unspecified atom stereocenters. The summed E-state index contributed by atoms with van der Waals surface area (Å²) in [6.07, 6.45) is 0. The number of benzene rings is 2. The van der Waals surface area contributed by atoms with Crippen LogP contribution in [0.25, 0.3) is 22.8 Å². The molecule has 2 aromatic carbocycles. The predicted octanol–water partition coefficient (Wildman–Crippen LogP) is 3.98. The molecule has 0 amide bonds. The van der Waals surface area contributed by atoms with E-state index >= 15 is 0 Å². The van der Waals surface area contributed by atoms with Gasteiger partial charge >= 0.3 is 0 Å². The molecule has 128 valence electrons. The van der Waals surface area contributed by atoms with Crippen LogP contribution >= 0.6 is 11.6 Å². The number of ether oxygens (including phenoxy) is 2. The summed E-state index contributed by atoms with van der Waals surface area (Å²) in [5.41, 5.74) is 0.816. The number of aromatic nitrogens is 2. The van der Waals surface area contributed by atoms with Gasteiger partial charge in [-0.3, -0.25) is 10.1 Å². The van der Waals surface area contributed by atoms with Gasteiger partial charge in [-0.1, -0.05) is 16.8 Å².